The molecule has 110 valence electrons. The Hall–Kier alpha value is -2.39. The fourth-order valence-electron chi connectivity index (χ4n) is 2.30. The van der Waals surface area contributed by atoms with Crippen molar-refractivity contribution in [2.75, 3.05) is 0 Å². The minimum absolute atomic E-state index is 0.0190. The van der Waals surface area contributed by atoms with E-state index in [4.69, 9.17) is 0 Å². The minimum atomic E-state index is -0.0190. The number of thiophene rings is 1. The molecule has 0 saturated carbocycles. The Kier molecular flexibility index (Phi) is 4.35. The maximum atomic E-state index is 12.4. The van der Waals surface area contributed by atoms with Crippen molar-refractivity contribution in [3.8, 4) is 11.1 Å². The van der Waals surface area contributed by atoms with Gasteiger partial charge >= 0.3 is 0 Å². The first-order chi connectivity index (χ1) is 10.7. The van der Waals surface area contributed by atoms with Crippen molar-refractivity contribution in [3.63, 3.8) is 0 Å². The third kappa shape index (κ3) is 3.26. The molecule has 3 heteroatoms. The molecule has 0 fully saturated rings. The molecule has 1 aromatic heterocycles. The summed E-state index contributed by atoms with van der Waals surface area (Å²) >= 11 is 1.48. The van der Waals surface area contributed by atoms with E-state index < -0.39 is 0 Å². The number of benzene rings is 2. The summed E-state index contributed by atoms with van der Waals surface area (Å²) in [6, 6.07) is 20.2. The predicted molar refractivity (Wildman–Crippen MR) is 92.1 cm³/mol. The van der Waals surface area contributed by atoms with Gasteiger partial charge in [-0.25, -0.2) is 0 Å². The second kappa shape index (κ2) is 6.58. The van der Waals surface area contributed by atoms with Crippen LogP contribution in [0.15, 0.2) is 66.0 Å². The molecular formula is C19H17NOS. The minimum Gasteiger partial charge on any atom is -0.347 e. The van der Waals surface area contributed by atoms with Crippen LogP contribution in [0.1, 0.15) is 20.8 Å². The lowest BCUT2D eigenvalue weighted by molar-refractivity contribution is 0.0955. The maximum Gasteiger partial charge on any atom is 0.262 e. The molecule has 0 aliphatic heterocycles. The Bertz CT molecular complexity index is 760. The quantitative estimate of drug-likeness (QED) is 0.746. The van der Waals surface area contributed by atoms with Crippen molar-refractivity contribution in [2.45, 2.75) is 13.5 Å². The van der Waals surface area contributed by atoms with E-state index in [1.165, 1.54) is 16.9 Å². The van der Waals surface area contributed by atoms with Gasteiger partial charge in [-0.05, 0) is 29.5 Å². The predicted octanol–water partition coefficient (Wildman–Crippen LogP) is 4.65. The number of hydrogen-bond donors (Lipinski definition) is 1. The Morgan fingerprint density at radius 3 is 2.45 bits per heavy atom. The number of amides is 1. The van der Waals surface area contributed by atoms with Gasteiger partial charge in [0.05, 0.1) is 4.88 Å². The second-order valence-corrected chi connectivity index (χ2v) is 6.11. The summed E-state index contributed by atoms with van der Waals surface area (Å²) in [5, 5.41) is 4.96. The van der Waals surface area contributed by atoms with Crippen LogP contribution < -0.4 is 5.32 Å². The number of nitrogens with one attached hydrogen (secondary N) is 1. The summed E-state index contributed by atoms with van der Waals surface area (Å²) in [4.78, 5) is 13.2. The topological polar surface area (TPSA) is 29.1 Å². The van der Waals surface area contributed by atoms with Gasteiger partial charge in [0.25, 0.3) is 5.91 Å². The van der Waals surface area contributed by atoms with Gasteiger partial charge in [-0.3, -0.25) is 4.79 Å². The standard InChI is InChI=1S/C19H17NOS/c1-14-7-9-15(10-8-14)13-20-19(21)18-17(11-12-22-18)16-5-3-2-4-6-16/h2-12H,13H2,1H3,(H,20,21). The normalized spacial score (nSPS) is 10.4. The highest BCUT2D eigenvalue weighted by molar-refractivity contribution is 7.12. The lowest BCUT2D eigenvalue weighted by Gasteiger charge is -2.07. The lowest BCUT2D eigenvalue weighted by Crippen LogP contribution is -2.22. The zero-order valence-electron chi connectivity index (χ0n) is 12.4. The van der Waals surface area contributed by atoms with Gasteiger partial charge < -0.3 is 5.32 Å². The van der Waals surface area contributed by atoms with Gasteiger partial charge in [0.15, 0.2) is 0 Å². The molecular weight excluding hydrogens is 290 g/mol. The molecule has 1 amide bonds. The van der Waals surface area contributed by atoms with E-state index in [2.05, 4.69) is 24.4 Å². The van der Waals surface area contributed by atoms with Crippen LogP contribution in [0, 0.1) is 6.92 Å². The van der Waals surface area contributed by atoms with Crippen LogP contribution in [-0.4, -0.2) is 5.91 Å². The second-order valence-electron chi connectivity index (χ2n) is 5.20. The highest BCUT2D eigenvalue weighted by Gasteiger charge is 2.14. The molecule has 0 spiro atoms. The molecule has 0 aliphatic rings. The Labute approximate surface area is 134 Å². The molecule has 1 heterocycles. The molecule has 3 rings (SSSR count). The van der Waals surface area contributed by atoms with Crippen LogP contribution in [0.25, 0.3) is 11.1 Å². The highest BCUT2D eigenvalue weighted by atomic mass is 32.1. The molecule has 22 heavy (non-hydrogen) atoms. The van der Waals surface area contributed by atoms with Gasteiger partial charge in [0, 0.05) is 12.1 Å². The van der Waals surface area contributed by atoms with Gasteiger partial charge in [-0.15, -0.1) is 11.3 Å². The molecule has 0 aliphatic carbocycles. The van der Waals surface area contributed by atoms with Gasteiger partial charge in [-0.2, -0.15) is 0 Å². The number of hydrogen-bond acceptors (Lipinski definition) is 2. The Morgan fingerprint density at radius 2 is 1.73 bits per heavy atom. The summed E-state index contributed by atoms with van der Waals surface area (Å²) in [6.45, 7) is 2.60. The number of aryl methyl sites for hydroxylation is 1. The molecule has 0 atom stereocenters. The van der Waals surface area contributed by atoms with E-state index in [0.717, 1.165) is 21.6 Å². The SMILES string of the molecule is Cc1ccc(CNC(=O)c2sccc2-c2ccccc2)cc1. The maximum absolute atomic E-state index is 12.4. The van der Waals surface area contributed by atoms with Crippen molar-refractivity contribution in [3.05, 3.63) is 82.0 Å². The van der Waals surface area contributed by atoms with E-state index >= 15 is 0 Å². The third-order valence-electron chi connectivity index (χ3n) is 3.53. The fourth-order valence-corrected chi connectivity index (χ4v) is 3.13. The number of carbonyl (C=O) groups is 1. The molecule has 0 radical (unpaired) electrons. The van der Waals surface area contributed by atoms with Crippen molar-refractivity contribution in [1.82, 2.24) is 5.32 Å². The van der Waals surface area contributed by atoms with Crippen LogP contribution in [-0.2, 0) is 6.54 Å². The number of carbonyl (C=O) groups excluding carboxylic acids is 1. The average Bonchev–Trinajstić information content (AvgIpc) is 3.04. The Morgan fingerprint density at radius 1 is 1.00 bits per heavy atom. The molecule has 3 aromatic rings. The van der Waals surface area contributed by atoms with Gasteiger partial charge in [0.1, 0.15) is 0 Å². The van der Waals surface area contributed by atoms with Crippen LogP contribution >= 0.6 is 11.3 Å². The van der Waals surface area contributed by atoms with Crippen molar-refractivity contribution in [1.29, 1.82) is 0 Å². The molecule has 2 nitrogen and oxygen atoms in total. The van der Waals surface area contributed by atoms with E-state index in [9.17, 15) is 4.79 Å². The zero-order valence-corrected chi connectivity index (χ0v) is 13.2. The lowest BCUT2D eigenvalue weighted by atomic mass is 10.1. The van der Waals surface area contributed by atoms with Crippen LogP contribution in [0.5, 0.6) is 0 Å². The summed E-state index contributed by atoms with van der Waals surface area (Å²) in [6.07, 6.45) is 0. The first-order valence-corrected chi connectivity index (χ1v) is 8.08. The molecule has 1 N–H and O–H groups in total. The van der Waals surface area contributed by atoms with Crippen molar-refractivity contribution < 1.29 is 4.79 Å². The van der Waals surface area contributed by atoms with Crippen LogP contribution in [0.4, 0.5) is 0 Å². The zero-order chi connectivity index (χ0) is 15.4. The van der Waals surface area contributed by atoms with Crippen LogP contribution in [0.2, 0.25) is 0 Å². The van der Waals surface area contributed by atoms with E-state index in [1.54, 1.807) is 0 Å². The highest BCUT2D eigenvalue weighted by Crippen LogP contribution is 2.28. The molecule has 0 unspecified atom stereocenters. The van der Waals surface area contributed by atoms with Crippen molar-refractivity contribution >= 4 is 17.2 Å². The number of rotatable bonds is 4. The third-order valence-corrected chi connectivity index (χ3v) is 4.44. The smallest absolute Gasteiger partial charge is 0.262 e. The van der Waals surface area contributed by atoms with E-state index in [1.807, 2.05) is 53.9 Å². The largest absolute Gasteiger partial charge is 0.347 e. The Balaban J connectivity index is 1.73. The van der Waals surface area contributed by atoms with E-state index in [0.29, 0.717) is 6.54 Å². The van der Waals surface area contributed by atoms with Crippen molar-refractivity contribution in [2.24, 2.45) is 0 Å². The summed E-state index contributed by atoms with van der Waals surface area (Å²) in [5.41, 5.74) is 4.40. The fraction of sp³-hybridized carbons (Fsp3) is 0.105. The first-order valence-electron chi connectivity index (χ1n) is 7.21. The summed E-state index contributed by atoms with van der Waals surface area (Å²) in [7, 11) is 0. The summed E-state index contributed by atoms with van der Waals surface area (Å²) in [5.74, 6) is -0.0190. The molecule has 0 bridgehead atoms. The summed E-state index contributed by atoms with van der Waals surface area (Å²) < 4.78 is 0. The average molecular weight is 307 g/mol. The van der Waals surface area contributed by atoms with Crippen LogP contribution in [0.3, 0.4) is 0 Å². The monoisotopic (exact) mass is 307 g/mol. The molecule has 2 aromatic carbocycles. The first kappa shape index (κ1) is 14.5. The van der Waals surface area contributed by atoms with Gasteiger partial charge in [-0.1, -0.05) is 60.2 Å². The van der Waals surface area contributed by atoms with Gasteiger partial charge in [0.2, 0.25) is 0 Å². The molecule has 0 saturated heterocycles. The van der Waals surface area contributed by atoms with E-state index in [-0.39, 0.29) is 5.91 Å².